The van der Waals surface area contributed by atoms with Crippen molar-refractivity contribution >= 4 is 33.2 Å². The number of halogens is 1. The normalized spacial score (nSPS) is 15.3. The van der Waals surface area contributed by atoms with Gasteiger partial charge in [-0.3, -0.25) is 9.78 Å². The van der Waals surface area contributed by atoms with E-state index in [-0.39, 0.29) is 11.8 Å². The molecular weight excluding hydrogens is 470 g/mol. The van der Waals surface area contributed by atoms with Crippen LogP contribution in [0.1, 0.15) is 29.7 Å². The summed E-state index contributed by atoms with van der Waals surface area (Å²) in [5.41, 5.74) is 3.28. The Hall–Kier alpha value is -2.74. The number of hydrogen-bond donors (Lipinski definition) is 0. The van der Waals surface area contributed by atoms with Gasteiger partial charge < -0.3 is 4.90 Å². The number of sulfonamides is 1. The molecule has 178 valence electrons. The van der Waals surface area contributed by atoms with Crippen LogP contribution in [-0.2, 0) is 21.4 Å². The molecule has 4 rings (SSSR count). The summed E-state index contributed by atoms with van der Waals surface area (Å²) in [7, 11) is -3.60. The molecule has 0 unspecified atom stereocenters. The van der Waals surface area contributed by atoms with Crippen LogP contribution < -0.4 is 4.90 Å². The second kappa shape index (κ2) is 10.3. The first-order chi connectivity index (χ1) is 16.3. The largest absolute Gasteiger partial charge is 0.306 e. The minimum Gasteiger partial charge on any atom is -0.306 e. The lowest BCUT2D eigenvalue weighted by Crippen LogP contribution is -2.44. The van der Waals surface area contributed by atoms with E-state index < -0.39 is 10.0 Å². The van der Waals surface area contributed by atoms with Crippen LogP contribution in [0.3, 0.4) is 0 Å². The molecule has 8 heteroatoms. The molecule has 0 N–H and O–H groups in total. The predicted octanol–water partition coefficient (Wildman–Crippen LogP) is 4.99. The van der Waals surface area contributed by atoms with Gasteiger partial charge in [0.1, 0.15) is 0 Å². The van der Waals surface area contributed by atoms with E-state index in [1.165, 1.54) is 4.31 Å². The smallest absolute Gasteiger partial charge is 0.243 e. The Morgan fingerprint density at radius 2 is 1.76 bits per heavy atom. The number of nitrogens with zero attached hydrogens (tertiary/aromatic N) is 3. The van der Waals surface area contributed by atoms with E-state index in [0.717, 1.165) is 22.5 Å². The van der Waals surface area contributed by atoms with Crippen molar-refractivity contribution in [1.82, 2.24) is 9.29 Å². The molecule has 1 aromatic heterocycles. The number of rotatable bonds is 6. The van der Waals surface area contributed by atoms with Gasteiger partial charge in [-0.25, -0.2) is 8.42 Å². The Balaban J connectivity index is 1.51. The minimum atomic E-state index is -3.60. The fourth-order valence-electron chi connectivity index (χ4n) is 4.36. The zero-order chi connectivity index (χ0) is 24.3. The Labute approximate surface area is 206 Å². The number of aryl methyl sites for hydroxylation is 2. The maximum atomic E-state index is 13.6. The Morgan fingerprint density at radius 3 is 2.38 bits per heavy atom. The maximum Gasteiger partial charge on any atom is 0.243 e. The summed E-state index contributed by atoms with van der Waals surface area (Å²) in [6.45, 7) is 4.71. The average Bonchev–Trinajstić information content (AvgIpc) is 2.83. The first kappa shape index (κ1) is 24.4. The third-order valence-electron chi connectivity index (χ3n) is 6.20. The highest BCUT2D eigenvalue weighted by atomic mass is 35.5. The lowest BCUT2D eigenvalue weighted by atomic mass is 9.96. The van der Waals surface area contributed by atoms with Gasteiger partial charge in [0.25, 0.3) is 0 Å². The second-order valence-corrected chi connectivity index (χ2v) is 11.0. The summed E-state index contributed by atoms with van der Waals surface area (Å²) in [5.74, 6) is -0.304. The minimum absolute atomic E-state index is 0.0310. The third-order valence-corrected chi connectivity index (χ3v) is 8.51. The number of amides is 1. The van der Waals surface area contributed by atoms with Crippen molar-refractivity contribution < 1.29 is 13.2 Å². The lowest BCUT2D eigenvalue weighted by Gasteiger charge is -2.34. The number of hydrogen-bond acceptors (Lipinski definition) is 4. The summed E-state index contributed by atoms with van der Waals surface area (Å²) in [6.07, 6.45) is 2.64. The molecule has 0 spiro atoms. The Morgan fingerprint density at radius 1 is 1.06 bits per heavy atom. The molecule has 0 radical (unpaired) electrons. The standard InChI is InChI=1S/C26H28ClN3O3S/c1-19-6-11-25(20(2)17-19)34(32,33)29-15-12-21(13-16-29)26(31)30(18-23-5-3-4-14-28-23)24-9-7-22(27)8-10-24/h3-11,14,17,21H,12-13,15-16,18H2,1-2H3. The number of benzene rings is 2. The van der Waals surface area contributed by atoms with Gasteiger partial charge in [-0.05, 0) is 74.7 Å². The predicted molar refractivity (Wildman–Crippen MR) is 134 cm³/mol. The molecule has 1 amide bonds. The zero-order valence-corrected chi connectivity index (χ0v) is 20.9. The molecule has 1 fully saturated rings. The van der Waals surface area contributed by atoms with Crippen molar-refractivity contribution in [3.05, 3.63) is 88.7 Å². The molecule has 0 saturated carbocycles. The van der Waals surface area contributed by atoms with Gasteiger partial charge in [-0.1, -0.05) is 35.4 Å². The number of aromatic nitrogens is 1. The highest BCUT2D eigenvalue weighted by Gasteiger charge is 2.35. The summed E-state index contributed by atoms with van der Waals surface area (Å²) in [6, 6.07) is 18.1. The van der Waals surface area contributed by atoms with E-state index in [1.54, 1.807) is 29.3 Å². The molecule has 34 heavy (non-hydrogen) atoms. The number of carbonyl (C=O) groups is 1. The Kier molecular flexibility index (Phi) is 7.36. The third kappa shape index (κ3) is 5.32. The molecule has 3 aromatic rings. The highest BCUT2D eigenvalue weighted by Crippen LogP contribution is 2.29. The van der Waals surface area contributed by atoms with Gasteiger partial charge >= 0.3 is 0 Å². The first-order valence-electron chi connectivity index (χ1n) is 11.3. The van der Waals surface area contributed by atoms with E-state index in [4.69, 9.17) is 11.6 Å². The molecule has 1 saturated heterocycles. The van der Waals surface area contributed by atoms with Crippen LogP contribution >= 0.6 is 11.6 Å². The van der Waals surface area contributed by atoms with Crippen LogP contribution in [0.4, 0.5) is 5.69 Å². The monoisotopic (exact) mass is 497 g/mol. The topological polar surface area (TPSA) is 70.6 Å². The van der Waals surface area contributed by atoms with Crippen molar-refractivity contribution in [2.45, 2.75) is 38.1 Å². The van der Waals surface area contributed by atoms with E-state index in [9.17, 15) is 13.2 Å². The van der Waals surface area contributed by atoms with Crippen molar-refractivity contribution in [3.63, 3.8) is 0 Å². The van der Waals surface area contributed by atoms with Gasteiger partial charge in [0.15, 0.2) is 0 Å². The summed E-state index contributed by atoms with van der Waals surface area (Å²) in [5, 5.41) is 0.596. The lowest BCUT2D eigenvalue weighted by molar-refractivity contribution is -0.123. The molecule has 1 aliphatic rings. The van der Waals surface area contributed by atoms with Gasteiger partial charge in [0, 0.05) is 35.9 Å². The Bertz CT molecular complexity index is 1260. The zero-order valence-electron chi connectivity index (χ0n) is 19.3. The van der Waals surface area contributed by atoms with E-state index in [2.05, 4.69) is 4.98 Å². The number of carbonyl (C=O) groups excluding carboxylic acids is 1. The molecule has 0 bridgehead atoms. The fraction of sp³-hybridized carbons (Fsp3) is 0.308. The summed E-state index contributed by atoms with van der Waals surface area (Å²) < 4.78 is 28.0. The molecule has 2 heterocycles. The van der Waals surface area contributed by atoms with Gasteiger partial charge in [0.2, 0.25) is 15.9 Å². The van der Waals surface area contributed by atoms with Crippen LogP contribution in [-0.4, -0.2) is 36.7 Å². The van der Waals surface area contributed by atoms with Crippen molar-refractivity contribution in [3.8, 4) is 0 Å². The van der Waals surface area contributed by atoms with Crippen LogP contribution in [0, 0.1) is 19.8 Å². The van der Waals surface area contributed by atoms with Crippen LogP contribution in [0.15, 0.2) is 71.8 Å². The molecule has 0 aliphatic carbocycles. The second-order valence-electron chi connectivity index (χ2n) is 8.67. The molecule has 1 aliphatic heterocycles. The molecule has 0 atom stereocenters. The number of anilines is 1. The van der Waals surface area contributed by atoms with Gasteiger partial charge in [-0.2, -0.15) is 4.31 Å². The maximum absolute atomic E-state index is 13.6. The first-order valence-corrected chi connectivity index (χ1v) is 13.1. The SMILES string of the molecule is Cc1ccc(S(=O)(=O)N2CCC(C(=O)N(Cc3ccccn3)c3ccc(Cl)cc3)CC2)c(C)c1. The molecule has 2 aromatic carbocycles. The number of pyridine rings is 1. The van der Waals surface area contributed by atoms with Gasteiger partial charge in [0.05, 0.1) is 17.1 Å². The summed E-state index contributed by atoms with van der Waals surface area (Å²) >= 11 is 6.06. The van der Waals surface area contributed by atoms with E-state index in [1.807, 2.05) is 56.3 Å². The highest BCUT2D eigenvalue weighted by molar-refractivity contribution is 7.89. The van der Waals surface area contributed by atoms with Gasteiger partial charge in [-0.15, -0.1) is 0 Å². The quantitative estimate of drug-likeness (QED) is 0.481. The summed E-state index contributed by atoms with van der Waals surface area (Å²) in [4.78, 5) is 20.0. The van der Waals surface area contributed by atoms with E-state index in [0.29, 0.717) is 42.4 Å². The fourth-order valence-corrected chi connectivity index (χ4v) is 6.16. The average molecular weight is 498 g/mol. The van der Waals surface area contributed by atoms with Crippen molar-refractivity contribution in [2.75, 3.05) is 18.0 Å². The van der Waals surface area contributed by atoms with Crippen molar-refractivity contribution in [2.24, 2.45) is 5.92 Å². The van der Waals surface area contributed by atoms with Crippen LogP contribution in [0.5, 0.6) is 0 Å². The molecule has 6 nitrogen and oxygen atoms in total. The molecular formula is C26H28ClN3O3S. The number of piperidine rings is 1. The van der Waals surface area contributed by atoms with Crippen LogP contribution in [0.25, 0.3) is 0 Å². The van der Waals surface area contributed by atoms with Crippen molar-refractivity contribution in [1.29, 1.82) is 0 Å². The van der Waals surface area contributed by atoms with E-state index >= 15 is 0 Å². The van der Waals surface area contributed by atoms with Crippen LogP contribution in [0.2, 0.25) is 5.02 Å².